The minimum Gasteiger partial charge on any atom is -0.330 e. The number of hydrogen-bond acceptors (Lipinski definition) is 3. The van der Waals surface area contributed by atoms with Crippen LogP contribution in [0.4, 0.5) is 0 Å². The topological polar surface area (TPSA) is 26.0 Å². The zero-order valence-electron chi connectivity index (χ0n) is 6.21. The summed E-state index contributed by atoms with van der Waals surface area (Å²) in [5.41, 5.74) is 5.43. The first-order valence-corrected chi connectivity index (χ1v) is 6.30. The van der Waals surface area contributed by atoms with E-state index in [1.807, 2.05) is 10.8 Å². The van der Waals surface area contributed by atoms with Crippen LogP contribution in [0.3, 0.4) is 0 Å². The second kappa shape index (κ2) is 5.33. The third-order valence-electron chi connectivity index (χ3n) is 1.69. The molecule has 0 amide bonds. The van der Waals surface area contributed by atoms with Crippen LogP contribution in [0.5, 0.6) is 0 Å². The first-order chi connectivity index (χ1) is 4.93. The number of nitrogens with two attached hydrogens (primary N) is 1. The highest BCUT2D eigenvalue weighted by Crippen LogP contribution is 2.37. The molecule has 1 fully saturated rings. The predicted octanol–water partition coefficient (Wildman–Crippen LogP) is 2.27. The number of rotatable bonds is 3. The molecule has 1 heterocycles. The van der Waals surface area contributed by atoms with Crippen LogP contribution in [0.25, 0.3) is 0 Å². The van der Waals surface area contributed by atoms with Crippen LogP contribution >= 0.6 is 21.6 Å². The third-order valence-corrected chi connectivity index (χ3v) is 4.75. The van der Waals surface area contributed by atoms with E-state index in [0.717, 1.165) is 11.8 Å². The maximum Gasteiger partial charge on any atom is 0.0152 e. The van der Waals surface area contributed by atoms with Crippen molar-refractivity contribution >= 4 is 21.6 Å². The lowest BCUT2D eigenvalue weighted by Gasteiger charge is -2.19. The highest BCUT2D eigenvalue weighted by Gasteiger charge is 2.13. The van der Waals surface area contributed by atoms with E-state index >= 15 is 0 Å². The molecule has 0 aromatic carbocycles. The lowest BCUT2D eigenvalue weighted by molar-refractivity contribution is 0.655. The maximum absolute atomic E-state index is 5.43. The summed E-state index contributed by atoms with van der Waals surface area (Å²) in [6.45, 7) is 0.863. The Labute approximate surface area is 70.9 Å². The Balaban J connectivity index is 2.02. The van der Waals surface area contributed by atoms with Gasteiger partial charge in [-0.05, 0) is 32.2 Å². The molecular formula is C7H15NS2. The molecule has 1 saturated heterocycles. The van der Waals surface area contributed by atoms with Gasteiger partial charge < -0.3 is 5.73 Å². The van der Waals surface area contributed by atoms with Crippen LogP contribution in [0.15, 0.2) is 0 Å². The summed E-state index contributed by atoms with van der Waals surface area (Å²) in [6.07, 6.45) is 5.36. The molecule has 1 aliphatic rings. The molecule has 1 unspecified atom stereocenters. The Kier molecular flexibility index (Phi) is 4.66. The van der Waals surface area contributed by atoms with Gasteiger partial charge in [0, 0.05) is 11.0 Å². The first kappa shape index (κ1) is 8.75. The molecule has 0 saturated carbocycles. The summed E-state index contributed by atoms with van der Waals surface area (Å²) in [7, 11) is 4.09. The van der Waals surface area contributed by atoms with E-state index in [2.05, 4.69) is 10.8 Å². The Morgan fingerprint density at radius 3 is 3.00 bits per heavy atom. The smallest absolute Gasteiger partial charge is 0.0152 e. The molecule has 0 aliphatic carbocycles. The fraction of sp³-hybridized carbons (Fsp3) is 1.00. The SMILES string of the molecule is NCCCC1CCCSS1. The molecule has 1 atom stereocenters. The third kappa shape index (κ3) is 3.17. The average Bonchev–Trinajstić information content (AvgIpc) is 2.03. The summed E-state index contributed by atoms with van der Waals surface area (Å²) < 4.78 is 0. The fourth-order valence-corrected chi connectivity index (χ4v) is 4.00. The van der Waals surface area contributed by atoms with Gasteiger partial charge in [-0.2, -0.15) is 0 Å². The summed E-state index contributed by atoms with van der Waals surface area (Å²) in [5, 5.41) is 0.905. The zero-order valence-corrected chi connectivity index (χ0v) is 7.85. The van der Waals surface area contributed by atoms with Crippen molar-refractivity contribution in [1.82, 2.24) is 0 Å². The highest BCUT2D eigenvalue weighted by molar-refractivity contribution is 8.77. The Bertz CT molecular complexity index is 81.7. The monoisotopic (exact) mass is 177 g/mol. The summed E-state index contributed by atoms with van der Waals surface area (Å²) in [5.74, 6) is 1.35. The van der Waals surface area contributed by atoms with E-state index in [1.165, 1.54) is 31.4 Å². The van der Waals surface area contributed by atoms with Crippen LogP contribution in [-0.4, -0.2) is 17.5 Å². The molecule has 1 rings (SSSR count). The van der Waals surface area contributed by atoms with Crippen molar-refractivity contribution in [3.63, 3.8) is 0 Å². The van der Waals surface area contributed by atoms with Crippen molar-refractivity contribution in [3.05, 3.63) is 0 Å². The van der Waals surface area contributed by atoms with Gasteiger partial charge in [-0.25, -0.2) is 0 Å². The summed E-state index contributed by atoms with van der Waals surface area (Å²) >= 11 is 0. The van der Waals surface area contributed by atoms with E-state index in [9.17, 15) is 0 Å². The van der Waals surface area contributed by atoms with Gasteiger partial charge >= 0.3 is 0 Å². The van der Waals surface area contributed by atoms with E-state index in [0.29, 0.717) is 0 Å². The fourth-order valence-electron chi connectivity index (χ4n) is 1.10. The molecule has 1 aliphatic heterocycles. The maximum atomic E-state index is 5.43. The van der Waals surface area contributed by atoms with Gasteiger partial charge in [0.2, 0.25) is 0 Å². The normalized spacial score (nSPS) is 26.7. The summed E-state index contributed by atoms with van der Waals surface area (Å²) in [6, 6.07) is 0. The Morgan fingerprint density at radius 2 is 2.40 bits per heavy atom. The Hall–Kier alpha value is 0.660. The van der Waals surface area contributed by atoms with E-state index in [4.69, 9.17) is 5.73 Å². The molecule has 1 nitrogen and oxygen atoms in total. The minimum atomic E-state index is 0.863. The van der Waals surface area contributed by atoms with Gasteiger partial charge in [-0.3, -0.25) is 0 Å². The molecule has 0 aromatic heterocycles. The van der Waals surface area contributed by atoms with Crippen molar-refractivity contribution in [3.8, 4) is 0 Å². The molecule has 0 radical (unpaired) electrons. The van der Waals surface area contributed by atoms with Crippen LogP contribution in [0, 0.1) is 0 Å². The molecule has 10 heavy (non-hydrogen) atoms. The van der Waals surface area contributed by atoms with Crippen LogP contribution < -0.4 is 5.73 Å². The molecule has 0 aromatic rings. The molecule has 3 heteroatoms. The van der Waals surface area contributed by atoms with Crippen molar-refractivity contribution in [2.75, 3.05) is 12.3 Å². The van der Waals surface area contributed by atoms with Crippen molar-refractivity contribution in [1.29, 1.82) is 0 Å². The lowest BCUT2D eigenvalue weighted by atomic mass is 10.1. The van der Waals surface area contributed by atoms with Crippen LogP contribution in [-0.2, 0) is 0 Å². The van der Waals surface area contributed by atoms with Gasteiger partial charge in [0.1, 0.15) is 0 Å². The van der Waals surface area contributed by atoms with Crippen molar-refractivity contribution in [2.45, 2.75) is 30.9 Å². The van der Waals surface area contributed by atoms with Crippen molar-refractivity contribution in [2.24, 2.45) is 5.73 Å². The van der Waals surface area contributed by atoms with Crippen LogP contribution in [0.1, 0.15) is 25.7 Å². The van der Waals surface area contributed by atoms with Gasteiger partial charge in [-0.1, -0.05) is 21.6 Å². The Morgan fingerprint density at radius 1 is 1.50 bits per heavy atom. The molecule has 2 N–H and O–H groups in total. The average molecular weight is 177 g/mol. The van der Waals surface area contributed by atoms with Crippen molar-refractivity contribution < 1.29 is 0 Å². The van der Waals surface area contributed by atoms with Gasteiger partial charge in [0.05, 0.1) is 0 Å². The van der Waals surface area contributed by atoms with Gasteiger partial charge in [-0.15, -0.1) is 0 Å². The minimum absolute atomic E-state index is 0.863. The van der Waals surface area contributed by atoms with Gasteiger partial charge in [0.15, 0.2) is 0 Å². The second-order valence-electron chi connectivity index (χ2n) is 2.61. The zero-order chi connectivity index (χ0) is 7.23. The van der Waals surface area contributed by atoms with Gasteiger partial charge in [0.25, 0.3) is 0 Å². The van der Waals surface area contributed by atoms with E-state index in [-0.39, 0.29) is 0 Å². The molecule has 0 spiro atoms. The predicted molar refractivity (Wildman–Crippen MR) is 51.4 cm³/mol. The number of hydrogen-bond donors (Lipinski definition) is 1. The second-order valence-corrected chi connectivity index (χ2v) is 5.40. The highest BCUT2D eigenvalue weighted by atomic mass is 33.1. The molecule has 0 bridgehead atoms. The lowest BCUT2D eigenvalue weighted by Crippen LogP contribution is -2.09. The molecule has 60 valence electrons. The standard InChI is InChI=1S/C7H15NS2/c8-5-1-3-7-4-2-6-9-10-7/h7H,1-6,8H2. The van der Waals surface area contributed by atoms with E-state index in [1.54, 1.807) is 0 Å². The molecular weight excluding hydrogens is 162 g/mol. The van der Waals surface area contributed by atoms with E-state index < -0.39 is 0 Å². The first-order valence-electron chi connectivity index (χ1n) is 3.92. The summed E-state index contributed by atoms with van der Waals surface area (Å²) in [4.78, 5) is 0. The quantitative estimate of drug-likeness (QED) is 0.670. The van der Waals surface area contributed by atoms with Crippen LogP contribution in [0.2, 0.25) is 0 Å². The largest absolute Gasteiger partial charge is 0.330 e.